The Balaban J connectivity index is 1.56. The molecule has 0 bridgehead atoms. The van der Waals surface area contributed by atoms with E-state index in [1.165, 1.54) is 17.7 Å². The number of anilines is 1. The highest BCUT2D eigenvalue weighted by atomic mass is 16.5. The number of nitrogens with one attached hydrogen (secondary N) is 1. The zero-order chi connectivity index (χ0) is 21.7. The molecule has 1 saturated heterocycles. The highest BCUT2D eigenvalue weighted by Crippen LogP contribution is 2.25. The number of para-hydroxylation sites is 2. The van der Waals surface area contributed by atoms with E-state index in [-0.39, 0.29) is 23.1 Å². The molecule has 1 N–H and O–H groups in total. The molecule has 1 amide bonds. The lowest BCUT2D eigenvalue weighted by molar-refractivity contribution is -0.125. The summed E-state index contributed by atoms with van der Waals surface area (Å²) in [7, 11) is 4.67. The lowest BCUT2D eigenvalue weighted by Gasteiger charge is -2.34. The zero-order valence-corrected chi connectivity index (χ0v) is 17.6. The predicted molar refractivity (Wildman–Crippen MR) is 113 cm³/mol. The number of rotatable bonds is 7. The van der Waals surface area contributed by atoms with E-state index < -0.39 is 0 Å². The van der Waals surface area contributed by atoms with Crippen LogP contribution in [0.3, 0.4) is 0 Å². The highest BCUT2D eigenvalue weighted by Gasteiger charge is 2.27. The molecule has 0 radical (unpaired) electrons. The second-order valence-electron chi connectivity index (χ2n) is 7.32. The first kappa shape index (κ1) is 21.5. The number of piperidine rings is 1. The summed E-state index contributed by atoms with van der Waals surface area (Å²) in [6.45, 7) is 1.85. The number of hydrogen-bond donors (Lipinski definition) is 1. The van der Waals surface area contributed by atoms with Crippen LogP contribution in [-0.2, 0) is 18.9 Å². The number of ether oxygens (including phenoxy) is 2. The van der Waals surface area contributed by atoms with Gasteiger partial charge in [-0.3, -0.25) is 18.7 Å². The molecule has 0 aliphatic carbocycles. The third-order valence-electron chi connectivity index (χ3n) is 5.34. The second-order valence-corrected chi connectivity index (χ2v) is 7.32. The monoisotopic (exact) mass is 416 g/mol. The molecule has 1 aliphatic rings. The number of aromatic nitrogens is 2. The minimum absolute atomic E-state index is 0.0582. The molecule has 2 aromatic rings. The third-order valence-corrected chi connectivity index (χ3v) is 5.34. The van der Waals surface area contributed by atoms with Gasteiger partial charge in [0.25, 0.3) is 5.56 Å². The summed E-state index contributed by atoms with van der Waals surface area (Å²) < 4.78 is 13.4. The molecule has 1 aliphatic heterocycles. The van der Waals surface area contributed by atoms with Crippen molar-refractivity contribution >= 4 is 11.7 Å². The van der Waals surface area contributed by atoms with Gasteiger partial charge in [0.1, 0.15) is 12.4 Å². The number of hydrogen-bond acceptors (Lipinski definition) is 6. The molecule has 9 nitrogen and oxygen atoms in total. The van der Waals surface area contributed by atoms with E-state index in [9.17, 15) is 14.4 Å². The van der Waals surface area contributed by atoms with Crippen LogP contribution < -0.4 is 30.9 Å². The van der Waals surface area contributed by atoms with Crippen molar-refractivity contribution < 1.29 is 14.3 Å². The van der Waals surface area contributed by atoms with Crippen LogP contribution in [0.15, 0.2) is 39.9 Å². The Labute approximate surface area is 174 Å². The topological polar surface area (TPSA) is 94.8 Å². The Morgan fingerprint density at radius 2 is 1.90 bits per heavy atom. The van der Waals surface area contributed by atoms with E-state index in [4.69, 9.17) is 9.47 Å². The van der Waals surface area contributed by atoms with E-state index in [1.807, 2.05) is 29.2 Å². The van der Waals surface area contributed by atoms with Crippen LogP contribution in [0.5, 0.6) is 11.5 Å². The summed E-state index contributed by atoms with van der Waals surface area (Å²) >= 11 is 0. The molecular formula is C21H28N4O5. The van der Waals surface area contributed by atoms with Gasteiger partial charge in [0.2, 0.25) is 5.91 Å². The Morgan fingerprint density at radius 1 is 1.17 bits per heavy atom. The van der Waals surface area contributed by atoms with Gasteiger partial charge in [0.05, 0.1) is 19.6 Å². The molecule has 2 heterocycles. The van der Waals surface area contributed by atoms with Crippen LogP contribution in [0.2, 0.25) is 0 Å². The van der Waals surface area contributed by atoms with Crippen molar-refractivity contribution in [3.8, 4) is 11.5 Å². The Kier molecular flexibility index (Phi) is 6.81. The number of benzene rings is 1. The van der Waals surface area contributed by atoms with Gasteiger partial charge in [-0.05, 0) is 25.0 Å². The first-order valence-electron chi connectivity index (χ1n) is 9.98. The zero-order valence-electron chi connectivity index (χ0n) is 17.6. The SMILES string of the molecule is COc1ccccc1OCCNC(=O)C1CCCN(c2cc(=O)n(C)c(=O)n2C)C1. The summed E-state index contributed by atoms with van der Waals surface area (Å²) in [6, 6.07) is 8.80. The Hall–Kier alpha value is -3.23. The summed E-state index contributed by atoms with van der Waals surface area (Å²) in [5.74, 6) is 1.54. The molecule has 0 spiro atoms. The lowest BCUT2D eigenvalue weighted by Crippen LogP contribution is -2.47. The highest BCUT2D eigenvalue weighted by molar-refractivity contribution is 5.79. The smallest absolute Gasteiger partial charge is 0.332 e. The maximum atomic E-state index is 12.6. The third kappa shape index (κ3) is 4.67. The van der Waals surface area contributed by atoms with Crippen LogP contribution in [0.4, 0.5) is 5.82 Å². The Morgan fingerprint density at radius 3 is 2.63 bits per heavy atom. The minimum Gasteiger partial charge on any atom is -0.493 e. The predicted octanol–water partition coefficient (Wildman–Crippen LogP) is 0.504. The van der Waals surface area contributed by atoms with Gasteiger partial charge in [0, 0.05) is 33.3 Å². The van der Waals surface area contributed by atoms with Gasteiger partial charge in [-0.15, -0.1) is 0 Å². The summed E-state index contributed by atoms with van der Waals surface area (Å²) in [4.78, 5) is 38.8. The summed E-state index contributed by atoms with van der Waals surface area (Å²) in [5, 5.41) is 2.91. The van der Waals surface area contributed by atoms with E-state index in [2.05, 4.69) is 5.32 Å². The molecule has 1 atom stereocenters. The lowest BCUT2D eigenvalue weighted by atomic mass is 9.97. The fourth-order valence-corrected chi connectivity index (χ4v) is 3.64. The van der Waals surface area contributed by atoms with E-state index >= 15 is 0 Å². The second kappa shape index (κ2) is 9.51. The van der Waals surface area contributed by atoms with Gasteiger partial charge in [-0.25, -0.2) is 4.79 Å². The van der Waals surface area contributed by atoms with Crippen LogP contribution in [0.1, 0.15) is 12.8 Å². The van der Waals surface area contributed by atoms with Gasteiger partial charge < -0.3 is 19.7 Å². The number of methoxy groups -OCH3 is 1. The maximum absolute atomic E-state index is 12.6. The molecule has 3 rings (SSSR count). The Bertz CT molecular complexity index is 1010. The first-order chi connectivity index (χ1) is 14.4. The quantitative estimate of drug-likeness (QED) is 0.661. The van der Waals surface area contributed by atoms with Crippen LogP contribution in [0, 0.1) is 5.92 Å². The molecule has 9 heteroatoms. The van der Waals surface area contributed by atoms with Crippen molar-refractivity contribution in [3.63, 3.8) is 0 Å². The average Bonchev–Trinajstić information content (AvgIpc) is 2.77. The van der Waals surface area contributed by atoms with Crippen molar-refractivity contribution in [2.45, 2.75) is 12.8 Å². The molecule has 1 unspecified atom stereocenters. The van der Waals surface area contributed by atoms with Crippen LogP contribution >= 0.6 is 0 Å². The standard InChI is InChI=1S/C21H28N4O5/c1-23-18(13-19(26)24(2)21(23)28)25-11-6-7-15(14-25)20(27)22-10-12-30-17-9-5-4-8-16(17)29-3/h4-5,8-9,13,15H,6-7,10-12,14H2,1-3H3,(H,22,27). The van der Waals surface area contributed by atoms with Crippen molar-refractivity contribution in [2.75, 3.05) is 38.3 Å². The van der Waals surface area contributed by atoms with E-state index in [1.54, 1.807) is 14.2 Å². The van der Waals surface area contributed by atoms with E-state index in [0.717, 1.165) is 17.4 Å². The van der Waals surface area contributed by atoms with Crippen molar-refractivity contribution in [1.29, 1.82) is 0 Å². The largest absolute Gasteiger partial charge is 0.493 e. The van der Waals surface area contributed by atoms with Crippen LogP contribution in [-0.4, -0.2) is 48.4 Å². The maximum Gasteiger partial charge on any atom is 0.332 e. The molecule has 162 valence electrons. The molecule has 0 saturated carbocycles. The molecule has 30 heavy (non-hydrogen) atoms. The molecule has 1 aromatic carbocycles. The van der Waals surface area contributed by atoms with Crippen molar-refractivity contribution in [1.82, 2.24) is 14.5 Å². The van der Waals surface area contributed by atoms with Crippen molar-refractivity contribution in [3.05, 3.63) is 51.2 Å². The van der Waals surface area contributed by atoms with Crippen LogP contribution in [0.25, 0.3) is 0 Å². The number of amides is 1. The van der Waals surface area contributed by atoms with Gasteiger partial charge >= 0.3 is 5.69 Å². The normalized spacial score (nSPS) is 16.2. The molecular weight excluding hydrogens is 388 g/mol. The van der Waals surface area contributed by atoms with E-state index in [0.29, 0.717) is 43.6 Å². The summed E-state index contributed by atoms with van der Waals surface area (Å²) in [6.07, 6.45) is 1.56. The van der Waals surface area contributed by atoms with Gasteiger partial charge in [-0.2, -0.15) is 0 Å². The molecule has 1 aromatic heterocycles. The van der Waals surface area contributed by atoms with Gasteiger partial charge in [0.15, 0.2) is 11.5 Å². The summed E-state index contributed by atoms with van der Waals surface area (Å²) in [5.41, 5.74) is -0.731. The number of nitrogens with zero attached hydrogens (tertiary/aromatic N) is 3. The average molecular weight is 416 g/mol. The number of carbonyl (C=O) groups is 1. The number of carbonyl (C=O) groups excluding carboxylic acids is 1. The minimum atomic E-state index is -0.377. The fourth-order valence-electron chi connectivity index (χ4n) is 3.64. The van der Waals surface area contributed by atoms with Crippen molar-refractivity contribution in [2.24, 2.45) is 20.0 Å². The molecule has 1 fully saturated rings. The van der Waals surface area contributed by atoms with Gasteiger partial charge in [-0.1, -0.05) is 12.1 Å². The first-order valence-corrected chi connectivity index (χ1v) is 9.98. The fraction of sp³-hybridized carbons (Fsp3) is 0.476.